The Morgan fingerprint density at radius 3 is 2.86 bits per heavy atom. The van der Waals surface area contributed by atoms with E-state index in [1.807, 2.05) is 30.6 Å². The van der Waals surface area contributed by atoms with Crippen molar-refractivity contribution in [2.75, 3.05) is 46.6 Å². The number of halogens is 1. The van der Waals surface area contributed by atoms with Gasteiger partial charge >= 0.3 is 0 Å². The summed E-state index contributed by atoms with van der Waals surface area (Å²) in [6.45, 7) is 5.75. The predicted octanol–water partition coefficient (Wildman–Crippen LogP) is 3.70. The third-order valence-corrected chi connectivity index (χ3v) is 6.30. The van der Waals surface area contributed by atoms with Gasteiger partial charge in [0.2, 0.25) is 0 Å². The summed E-state index contributed by atoms with van der Waals surface area (Å²) in [7, 11) is 1.63. The zero-order valence-electron chi connectivity index (χ0n) is 21.6. The highest BCUT2D eigenvalue weighted by molar-refractivity contribution is 5.43. The van der Waals surface area contributed by atoms with E-state index in [0.29, 0.717) is 50.1 Å². The standard InChI is InChI=1S/C28H36FN3O5/c1-3-27-30-10-12-32(27)11-5-14-36-26-16-22(8-9-25(26)34-2)18-31-13-15-35-20-28(33,19-31)21-37-24-7-4-6-23(29)17-24/h4,6-10,12,16-17,33H,3,5,11,13-15,18-21H2,1-2H3/t28-/m1/s1. The van der Waals surface area contributed by atoms with E-state index in [2.05, 4.69) is 21.4 Å². The molecule has 0 radical (unpaired) electrons. The second kappa shape index (κ2) is 12.9. The SMILES string of the molecule is CCc1nccn1CCCOc1cc(CN2CCOC[C@@](O)(COc3cccc(F)c3)C2)ccc1OC. The molecule has 1 aromatic heterocycles. The maximum Gasteiger partial charge on any atom is 0.161 e. The van der Waals surface area contributed by atoms with E-state index in [1.165, 1.54) is 12.1 Å². The first kappa shape index (κ1) is 26.9. The summed E-state index contributed by atoms with van der Waals surface area (Å²) in [5.41, 5.74) is -0.187. The summed E-state index contributed by atoms with van der Waals surface area (Å²) in [6.07, 6.45) is 5.57. The lowest BCUT2D eigenvalue weighted by molar-refractivity contribution is -0.0647. The second-order valence-electron chi connectivity index (χ2n) is 9.31. The number of benzene rings is 2. The molecule has 0 aliphatic carbocycles. The Hall–Kier alpha value is -3.14. The van der Waals surface area contributed by atoms with Gasteiger partial charge in [0.15, 0.2) is 11.5 Å². The van der Waals surface area contributed by atoms with Crippen molar-refractivity contribution in [1.82, 2.24) is 14.5 Å². The predicted molar refractivity (Wildman–Crippen MR) is 138 cm³/mol. The number of ether oxygens (including phenoxy) is 4. The van der Waals surface area contributed by atoms with Crippen LogP contribution < -0.4 is 14.2 Å². The van der Waals surface area contributed by atoms with Gasteiger partial charge in [-0.1, -0.05) is 19.1 Å². The van der Waals surface area contributed by atoms with Crippen molar-refractivity contribution in [1.29, 1.82) is 0 Å². The zero-order chi connectivity index (χ0) is 26.1. The third-order valence-electron chi connectivity index (χ3n) is 6.30. The molecule has 0 spiro atoms. The maximum atomic E-state index is 13.5. The van der Waals surface area contributed by atoms with Crippen LogP contribution in [0, 0.1) is 5.82 Å². The molecule has 0 saturated carbocycles. The summed E-state index contributed by atoms with van der Waals surface area (Å²) in [5.74, 6) is 2.44. The Bertz CT molecular complexity index is 1140. The van der Waals surface area contributed by atoms with Crippen LogP contribution in [0.3, 0.4) is 0 Å². The Balaban J connectivity index is 1.34. The molecule has 1 N–H and O–H groups in total. The molecule has 0 unspecified atom stereocenters. The van der Waals surface area contributed by atoms with Crippen molar-refractivity contribution in [2.24, 2.45) is 0 Å². The molecule has 2 heterocycles. The van der Waals surface area contributed by atoms with E-state index in [1.54, 1.807) is 19.2 Å². The van der Waals surface area contributed by atoms with Gasteiger partial charge in [-0.3, -0.25) is 4.90 Å². The van der Waals surface area contributed by atoms with Crippen LogP contribution in [0.2, 0.25) is 0 Å². The monoisotopic (exact) mass is 513 g/mol. The highest BCUT2D eigenvalue weighted by atomic mass is 19.1. The average Bonchev–Trinajstić information content (AvgIpc) is 3.27. The number of β-amino-alcohol motifs (C(OH)–C–C–N with tert-alkyl or cyclic N) is 1. The second-order valence-corrected chi connectivity index (χ2v) is 9.31. The normalized spacial score (nSPS) is 18.4. The molecule has 200 valence electrons. The van der Waals surface area contributed by atoms with E-state index < -0.39 is 5.60 Å². The summed E-state index contributed by atoms with van der Waals surface area (Å²) >= 11 is 0. The number of aryl methyl sites for hydroxylation is 2. The van der Waals surface area contributed by atoms with Crippen molar-refractivity contribution < 1.29 is 28.4 Å². The largest absolute Gasteiger partial charge is 0.493 e. The lowest BCUT2D eigenvalue weighted by atomic mass is 10.1. The van der Waals surface area contributed by atoms with Crippen LogP contribution >= 0.6 is 0 Å². The van der Waals surface area contributed by atoms with Crippen LogP contribution in [0.15, 0.2) is 54.9 Å². The van der Waals surface area contributed by atoms with Gasteiger partial charge in [0.25, 0.3) is 0 Å². The van der Waals surface area contributed by atoms with E-state index in [0.717, 1.165) is 30.8 Å². The van der Waals surface area contributed by atoms with E-state index in [-0.39, 0.29) is 19.0 Å². The number of imidazole rings is 1. The van der Waals surface area contributed by atoms with Gasteiger partial charge in [-0.05, 0) is 36.2 Å². The first-order valence-electron chi connectivity index (χ1n) is 12.7. The van der Waals surface area contributed by atoms with Gasteiger partial charge < -0.3 is 28.6 Å². The smallest absolute Gasteiger partial charge is 0.161 e. The first-order valence-corrected chi connectivity index (χ1v) is 12.7. The molecule has 0 amide bonds. The zero-order valence-corrected chi connectivity index (χ0v) is 21.6. The fourth-order valence-electron chi connectivity index (χ4n) is 4.46. The van der Waals surface area contributed by atoms with Crippen LogP contribution in [-0.2, 0) is 24.2 Å². The lowest BCUT2D eigenvalue weighted by Gasteiger charge is -2.30. The van der Waals surface area contributed by atoms with Crippen LogP contribution in [0.5, 0.6) is 17.2 Å². The molecule has 1 aliphatic heterocycles. The number of methoxy groups -OCH3 is 1. The fraction of sp³-hybridized carbons (Fsp3) is 0.464. The highest BCUT2D eigenvalue weighted by Crippen LogP contribution is 2.29. The van der Waals surface area contributed by atoms with Crippen molar-refractivity contribution in [2.45, 2.75) is 38.5 Å². The van der Waals surface area contributed by atoms with Crippen molar-refractivity contribution in [3.63, 3.8) is 0 Å². The van der Waals surface area contributed by atoms with E-state index in [4.69, 9.17) is 18.9 Å². The number of hydrogen-bond donors (Lipinski definition) is 1. The molecule has 1 fully saturated rings. The van der Waals surface area contributed by atoms with Gasteiger partial charge in [-0.25, -0.2) is 9.37 Å². The Kier molecular flexibility index (Phi) is 9.38. The van der Waals surface area contributed by atoms with Gasteiger partial charge in [0.1, 0.15) is 29.6 Å². The Labute approximate surface area is 217 Å². The van der Waals surface area contributed by atoms with Gasteiger partial charge in [0, 0.05) is 51.1 Å². The average molecular weight is 514 g/mol. The molecule has 4 rings (SSSR count). The highest BCUT2D eigenvalue weighted by Gasteiger charge is 2.33. The summed E-state index contributed by atoms with van der Waals surface area (Å²) in [4.78, 5) is 6.49. The molecule has 1 atom stereocenters. The summed E-state index contributed by atoms with van der Waals surface area (Å²) in [5, 5.41) is 11.2. The van der Waals surface area contributed by atoms with Gasteiger partial charge in [0.05, 0.1) is 26.9 Å². The number of rotatable bonds is 12. The third kappa shape index (κ3) is 7.67. The number of hydrogen-bond acceptors (Lipinski definition) is 7. The summed E-state index contributed by atoms with van der Waals surface area (Å²) in [6, 6.07) is 11.8. The molecule has 0 bridgehead atoms. The molecular weight excluding hydrogens is 477 g/mol. The Morgan fingerprint density at radius 1 is 1.16 bits per heavy atom. The Morgan fingerprint density at radius 2 is 2.05 bits per heavy atom. The van der Waals surface area contributed by atoms with Gasteiger partial charge in [-0.15, -0.1) is 0 Å². The first-order chi connectivity index (χ1) is 18.0. The van der Waals surface area contributed by atoms with Crippen molar-refractivity contribution >= 4 is 0 Å². The minimum atomic E-state index is -1.22. The van der Waals surface area contributed by atoms with Crippen LogP contribution in [0.25, 0.3) is 0 Å². The van der Waals surface area contributed by atoms with Crippen LogP contribution in [-0.4, -0.2) is 71.8 Å². The number of aliphatic hydroxyl groups is 1. The maximum absolute atomic E-state index is 13.5. The molecule has 9 heteroatoms. The summed E-state index contributed by atoms with van der Waals surface area (Å²) < 4.78 is 38.6. The minimum Gasteiger partial charge on any atom is -0.493 e. The molecule has 1 saturated heterocycles. The fourth-order valence-corrected chi connectivity index (χ4v) is 4.46. The topological polar surface area (TPSA) is 78.2 Å². The molecule has 1 aliphatic rings. The van der Waals surface area contributed by atoms with Gasteiger partial charge in [-0.2, -0.15) is 0 Å². The van der Waals surface area contributed by atoms with Crippen molar-refractivity contribution in [3.05, 3.63) is 72.1 Å². The molecule has 2 aromatic carbocycles. The van der Waals surface area contributed by atoms with Crippen molar-refractivity contribution in [3.8, 4) is 17.2 Å². The lowest BCUT2D eigenvalue weighted by Crippen LogP contribution is -2.48. The minimum absolute atomic E-state index is 0.000583. The van der Waals surface area contributed by atoms with Crippen LogP contribution in [0.4, 0.5) is 4.39 Å². The molecule has 3 aromatic rings. The molecule has 37 heavy (non-hydrogen) atoms. The van der Waals surface area contributed by atoms with E-state index >= 15 is 0 Å². The molecular formula is C28H36FN3O5. The quantitative estimate of drug-likeness (QED) is 0.370. The van der Waals surface area contributed by atoms with E-state index in [9.17, 15) is 9.50 Å². The number of aromatic nitrogens is 2. The van der Waals surface area contributed by atoms with Crippen LogP contribution in [0.1, 0.15) is 24.7 Å². The number of nitrogens with zero attached hydrogens (tertiary/aromatic N) is 3. The molecule has 8 nitrogen and oxygen atoms in total.